The Bertz CT molecular complexity index is 1490. The van der Waals surface area contributed by atoms with Gasteiger partial charge in [0.05, 0.1) is 11.3 Å². The van der Waals surface area contributed by atoms with Crippen molar-refractivity contribution in [3.63, 3.8) is 0 Å². The van der Waals surface area contributed by atoms with E-state index in [-0.39, 0.29) is 17.8 Å². The van der Waals surface area contributed by atoms with Gasteiger partial charge >= 0.3 is 6.03 Å². The van der Waals surface area contributed by atoms with E-state index in [0.29, 0.717) is 48.1 Å². The third-order valence-corrected chi connectivity index (χ3v) is 7.06. The summed E-state index contributed by atoms with van der Waals surface area (Å²) < 4.78 is 16.0. The highest BCUT2D eigenvalue weighted by atomic mass is 35.5. The van der Waals surface area contributed by atoms with Crippen molar-refractivity contribution in [1.82, 2.24) is 14.4 Å². The smallest absolute Gasteiger partial charge is 0.321 e. The molecule has 0 bridgehead atoms. The molecule has 3 amide bonds. The molecule has 2 heterocycles. The van der Waals surface area contributed by atoms with Crippen LogP contribution in [0.15, 0.2) is 78.9 Å². The van der Waals surface area contributed by atoms with Gasteiger partial charge in [-0.15, -0.1) is 0 Å². The molecule has 8 heteroatoms. The van der Waals surface area contributed by atoms with E-state index < -0.39 is 0 Å². The molecule has 0 radical (unpaired) electrons. The van der Waals surface area contributed by atoms with Gasteiger partial charge in [-0.1, -0.05) is 41.9 Å². The lowest BCUT2D eigenvalue weighted by Gasteiger charge is -2.34. The number of urea groups is 1. The number of aryl methyl sites for hydroxylation is 1. The Kier molecular flexibility index (Phi) is 7.20. The molecule has 1 saturated heterocycles. The molecule has 5 rings (SSSR count). The molecule has 1 aliphatic heterocycles. The highest BCUT2D eigenvalue weighted by molar-refractivity contribution is 6.30. The van der Waals surface area contributed by atoms with Crippen LogP contribution < -0.4 is 5.32 Å². The summed E-state index contributed by atoms with van der Waals surface area (Å²) in [4.78, 5) is 29.9. The summed E-state index contributed by atoms with van der Waals surface area (Å²) in [6.45, 7) is 5.53. The number of carbonyl (C=O) groups excluding carboxylic acids is 2. The summed E-state index contributed by atoms with van der Waals surface area (Å²) in [6.07, 6.45) is 0. The van der Waals surface area contributed by atoms with E-state index in [4.69, 9.17) is 11.6 Å². The van der Waals surface area contributed by atoms with E-state index in [1.165, 1.54) is 12.1 Å². The van der Waals surface area contributed by atoms with Crippen molar-refractivity contribution in [3.05, 3.63) is 107 Å². The Morgan fingerprint density at radius 3 is 2.21 bits per heavy atom. The third-order valence-electron chi connectivity index (χ3n) is 6.81. The average molecular weight is 531 g/mol. The van der Waals surface area contributed by atoms with Gasteiger partial charge in [0.1, 0.15) is 5.82 Å². The van der Waals surface area contributed by atoms with Crippen LogP contribution in [0.3, 0.4) is 0 Å². The van der Waals surface area contributed by atoms with Crippen LogP contribution >= 0.6 is 11.6 Å². The Balaban J connectivity index is 1.37. The molecule has 0 unspecified atom stereocenters. The van der Waals surface area contributed by atoms with Crippen LogP contribution in [-0.4, -0.2) is 52.5 Å². The van der Waals surface area contributed by atoms with Gasteiger partial charge in [0.25, 0.3) is 5.91 Å². The van der Waals surface area contributed by atoms with Gasteiger partial charge in [-0.25, -0.2) is 9.18 Å². The van der Waals surface area contributed by atoms with Gasteiger partial charge in [0.15, 0.2) is 0 Å². The molecule has 3 aromatic carbocycles. The molecule has 0 atom stereocenters. The van der Waals surface area contributed by atoms with Crippen LogP contribution in [-0.2, 0) is 0 Å². The van der Waals surface area contributed by atoms with E-state index in [1.54, 1.807) is 28.0 Å². The Hall–Kier alpha value is -4.10. The molecule has 0 saturated carbocycles. The zero-order chi connectivity index (χ0) is 26.8. The summed E-state index contributed by atoms with van der Waals surface area (Å²) in [6, 6.07) is 23.0. The van der Waals surface area contributed by atoms with Crippen molar-refractivity contribution in [2.75, 3.05) is 31.5 Å². The molecule has 194 valence electrons. The van der Waals surface area contributed by atoms with Crippen molar-refractivity contribution in [3.8, 4) is 16.9 Å². The quantitative estimate of drug-likeness (QED) is 0.325. The van der Waals surface area contributed by atoms with Crippen LogP contribution in [0.1, 0.15) is 21.6 Å². The lowest BCUT2D eigenvalue weighted by molar-refractivity contribution is 0.0671. The van der Waals surface area contributed by atoms with Crippen LogP contribution in [0.4, 0.5) is 14.9 Å². The van der Waals surface area contributed by atoms with Crippen molar-refractivity contribution in [2.45, 2.75) is 13.8 Å². The predicted molar refractivity (Wildman–Crippen MR) is 149 cm³/mol. The number of amides is 3. The fraction of sp³-hybridized carbons (Fsp3) is 0.200. The number of anilines is 1. The van der Waals surface area contributed by atoms with Crippen LogP contribution in [0.25, 0.3) is 16.9 Å². The number of nitrogens with zero attached hydrogens (tertiary/aromatic N) is 3. The van der Waals surface area contributed by atoms with E-state index in [1.807, 2.05) is 66.9 Å². The first kappa shape index (κ1) is 25.5. The number of benzene rings is 3. The molecule has 4 aromatic rings. The predicted octanol–water partition coefficient (Wildman–Crippen LogP) is 6.54. The van der Waals surface area contributed by atoms with Gasteiger partial charge in [-0.05, 0) is 73.5 Å². The Labute approximate surface area is 226 Å². The van der Waals surface area contributed by atoms with E-state index in [2.05, 4.69) is 5.32 Å². The van der Waals surface area contributed by atoms with Gasteiger partial charge in [0, 0.05) is 48.3 Å². The fourth-order valence-electron chi connectivity index (χ4n) is 4.81. The summed E-state index contributed by atoms with van der Waals surface area (Å²) >= 11 is 6.10. The second kappa shape index (κ2) is 10.7. The Morgan fingerprint density at radius 1 is 0.842 bits per heavy atom. The fourth-order valence-corrected chi connectivity index (χ4v) is 4.94. The molecule has 1 fully saturated rings. The maximum atomic E-state index is 14.1. The van der Waals surface area contributed by atoms with Gasteiger partial charge in [-0.2, -0.15) is 0 Å². The summed E-state index contributed by atoms with van der Waals surface area (Å²) in [7, 11) is 0. The van der Waals surface area contributed by atoms with Crippen molar-refractivity contribution < 1.29 is 14.0 Å². The van der Waals surface area contributed by atoms with E-state index in [9.17, 15) is 14.0 Å². The molecule has 1 aromatic heterocycles. The molecule has 0 aliphatic carbocycles. The zero-order valence-corrected chi connectivity index (χ0v) is 22.0. The largest absolute Gasteiger partial charge is 0.335 e. The van der Waals surface area contributed by atoms with E-state index >= 15 is 0 Å². The maximum absolute atomic E-state index is 14.1. The number of hydrogen-bond donors (Lipinski definition) is 1. The standard InChI is InChI=1S/C30H28ClFN4O2/c1-20-5-3-7-25(17-20)33-30(38)35-15-13-34(14-16-35)29(37)27-19-28(22-9-11-23(31)12-10-22)36(21(27)2)26-8-4-6-24(32)18-26/h3-12,17-19H,13-16H2,1-2H3,(H,33,38). The van der Waals surface area contributed by atoms with Crippen molar-refractivity contribution in [1.29, 1.82) is 0 Å². The number of piperazine rings is 1. The maximum Gasteiger partial charge on any atom is 0.321 e. The first-order valence-corrected chi connectivity index (χ1v) is 12.8. The third kappa shape index (κ3) is 5.29. The molecule has 6 nitrogen and oxygen atoms in total. The molecular weight excluding hydrogens is 503 g/mol. The number of carbonyl (C=O) groups is 2. The van der Waals surface area contributed by atoms with Crippen molar-refractivity contribution in [2.24, 2.45) is 0 Å². The Morgan fingerprint density at radius 2 is 1.53 bits per heavy atom. The van der Waals surface area contributed by atoms with Gasteiger partial charge in [-0.3, -0.25) is 4.79 Å². The monoisotopic (exact) mass is 530 g/mol. The van der Waals surface area contributed by atoms with Gasteiger partial charge < -0.3 is 19.7 Å². The minimum atomic E-state index is -0.356. The molecule has 38 heavy (non-hydrogen) atoms. The average Bonchev–Trinajstić information content (AvgIpc) is 3.25. The second-order valence-corrected chi connectivity index (χ2v) is 9.87. The summed E-state index contributed by atoms with van der Waals surface area (Å²) in [5.74, 6) is -0.475. The topological polar surface area (TPSA) is 57.6 Å². The minimum absolute atomic E-state index is 0.119. The lowest BCUT2D eigenvalue weighted by Crippen LogP contribution is -2.51. The van der Waals surface area contributed by atoms with Crippen LogP contribution in [0.5, 0.6) is 0 Å². The van der Waals surface area contributed by atoms with Gasteiger partial charge in [0.2, 0.25) is 0 Å². The van der Waals surface area contributed by atoms with E-state index in [0.717, 1.165) is 22.5 Å². The minimum Gasteiger partial charge on any atom is -0.335 e. The van der Waals surface area contributed by atoms with Crippen molar-refractivity contribution >= 4 is 29.2 Å². The number of rotatable bonds is 4. The summed E-state index contributed by atoms with van der Waals surface area (Å²) in [5.41, 5.74) is 5.32. The zero-order valence-electron chi connectivity index (χ0n) is 21.2. The highest BCUT2D eigenvalue weighted by Crippen LogP contribution is 2.31. The molecular formula is C30H28ClFN4O2. The first-order valence-electron chi connectivity index (χ1n) is 12.5. The summed E-state index contributed by atoms with van der Waals surface area (Å²) in [5, 5.41) is 3.54. The molecule has 0 spiro atoms. The molecule has 1 N–H and O–H groups in total. The highest BCUT2D eigenvalue weighted by Gasteiger charge is 2.28. The normalized spacial score (nSPS) is 13.5. The number of aromatic nitrogens is 1. The number of nitrogens with one attached hydrogen (secondary N) is 1. The molecule has 1 aliphatic rings. The van der Waals surface area contributed by atoms with Crippen LogP contribution in [0.2, 0.25) is 5.02 Å². The SMILES string of the molecule is Cc1cccc(NC(=O)N2CCN(C(=O)c3cc(-c4ccc(Cl)cc4)n(-c4cccc(F)c4)c3C)CC2)c1. The number of halogens is 2. The number of hydrogen-bond acceptors (Lipinski definition) is 2. The van der Waals surface area contributed by atoms with Crippen LogP contribution in [0, 0.1) is 19.7 Å². The second-order valence-electron chi connectivity index (χ2n) is 9.43. The first-order chi connectivity index (χ1) is 18.3. The lowest BCUT2D eigenvalue weighted by atomic mass is 10.1.